The van der Waals surface area contributed by atoms with E-state index in [1.165, 1.54) is 14.7 Å². The van der Waals surface area contributed by atoms with E-state index in [2.05, 4.69) is 26.6 Å². The number of urea groups is 1. The van der Waals surface area contributed by atoms with Crippen LogP contribution in [0.25, 0.3) is 11.1 Å². The fraction of sp³-hybridized carbons (Fsp3) is 0.487. The van der Waals surface area contributed by atoms with Crippen molar-refractivity contribution in [3.05, 3.63) is 59.7 Å². The Hall–Kier alpha value is -6.40. The third-order valence-electron chi connectivity index (χ3n) is 9.73. The van der Waals surface area contributed by atoms with Gasteiger partial charge in [0.25, 0.3) is 0 Å². The number of benzene rings is 2. The van der Waals surface area contributed by atoms with Gasteiger partial charge in [0, 0.05) is 58.3 Å². The lowest BCUT2D eigenvalue weighted by molar-refractivity contribution is -0.139. The van der Waals surface area contributed by atoms with Gasteiger partial charge in [0.15, 0.2) is 0 Å². The van der Waals surface area contributed by atoms with Crippen LogP contribution in [0.3, 0.4) is 0 Å². The van der Waals surface area contributed by atoms with Gasteiger partial charge >= 0.3 is 18.2 Å². The van der Waals surface area contributed by atoms with Crippen molar-refractivity contribution in [1.29, 1.82) is 0 Å². The molecule has 19 heteroatoms. The molecule has 0 bridgehead atoms. The SMILES string of the molecule is CC(C)(C)OC(=O)NCC(=O)NCC(=O)N1CCN(C(=O)CNC(=O)NCC(=O)N2CCN(C(=O)CNC(=O)OCC3c4ccccc4-c4ccccc43)CC2)CC1. The monoisotopic (exact) mass is 805 g/mol. The summed E-state index contributed by atoms with van der Waals surface area (Å²) in [6.45, 7) is 5.56. The molecule has 0 atom stereocenters. The van der Waals surface area contributed by atoms with Gasteiger partial charge in [-0.2, -0.15) is 0 Å². The van der Waals surface area contributed by atoms with Crippen molar-refractivity contribution in [1.82, 2.24) is 46.2 Å². The molecule has 0 aromatic heterocycles. The number of alkyl carbamates (subject to hydrolysis) is 2. The molecule has 2 heterocycles. The Balaban J connectivity index is 0.901. The Morgan fingerprint density at radius 3 is 1.34 bits per heavy atom. The molecule has 9 amide bonds. The highest BCUT2D eigenvalue weighted by molar-refractivity contribution is 5.89. The normalized spacial score (nSPS) is 15.0. The number of nitrogens with zero attached hydrogens (tertiary/aromatic N) is 4. The van der Waals surface area contributed by atoms with Crippen molar-refractivity contribution in [2.75, 3.05) is 91.7 Å². The zero-order chi connectivity index (χ0) is 41.8. The van der Waals surface area contributed by atoms with E-state index in [9.17, 15) is 38.4 Å². The second-order valence-corrected chi connectivity index (χ2v) is 14.9. The lowest BCUT2D eigenvalue weighted by Gasteiger charge is -2.35. The predicted molar refractivity (Wildman–Crippen MR) is 208 cm³/mol. The maximum absolute atomic E-state index is 12.8. The Bertz CT molecular complexity index is 1820. The lowest BCUT2D eigenvalue weighted by Crippen LogP contribution is -2.55. The number of fused-ring (bicyclic) bond motifs is 3. The quantitative estimate of drug-likeness (QED) is 0.190. The molecule has 2 aliphatic heterocycles. The van der Waals surface area contributed by atoms with Gasteiger partial charge < -0.3 is 55.7 Å². The standard InChI is InChI=1S/C39H51N9O10/c1-39(2,3)58-38(56)43-20-31(49)40-21-32(50)45-12-14-46(15-13-45)33(51)22-41-36(54)42-23-34(52)47-16-18-48(19-17-47)35(53)24-44-37(55)57-25-30-28-10-6-4-8-26(28)27-9-5-7-11-29(27)30/h4-11,30H,12-25H2,1-3H3,(H,40,49)(H,43,56)(H,44,55)(H2,41,42,54). The van der Waals surface area contributed by atoms with Gasteiger partial charge in [-0.25, -0.2) is 14.4 Å². The van der Waals surface area contributed by atoms with Crippen LogP contribution >= 0.6 is 0 Å². The number of amides is 9. The Labute approximate surface area is 336 Å². The van der Waals surface area contributed by atoms with Crippen molar-refractivity contribution in [3.8, 4) is 11.1 Å². The number of hydrogen-bond acceptors (Lipinski definition) is 10. The summed E-state index contributed by atoms with van der Waals surface area (Å²) in [6, 6.07) is 15.3. The number of carbonyl (C=O) groups is 8. The zero-order valence-corrected chi connectivity index (χ0v) is 33.0. The third-order valence-corrected chi connectivity index (χ3v) is 9.73. The molecule has 312 valence electrons. The summed E-state index contributed by atoms with van der Waals surface area (Å²) in [7, 11) is 0. The van der Waals surface area contributed by atoms with Crippen molar-refractivity contribution in [2.45, 2.75) is 32.3 Å². The number of piperazine rings is 2. The Morgan fingerprint density at radius 2 is 0.914 bits per heavy atom. The molecule has 58 heavy (non-hydrogen) atoms. The van der Waals surface area contributed by atoms with Crippen LogP contribution in [0.2, 0.25) is 0 Å². The smallest absolute Gasteiger partial charge is 0.408 e. The summed E-state index contributed by atoms with van der Waals surface area (Å²) in [5, 5.41) is 12.2. The van der Waals surface area contributed by atoms with E-state index in [1.807, 2.05) is 48.5 Å². The molecule has 1 aliphatic carbocycles. The summed E-state index contributed by atoms with van der Waals surface area (Å²) in [4.78, 5) is 105. The molecule has 2 saturated heterocycles. The molecule has 2 aromatic carbocycles. The van der Waals surface area contributed by atoms with Crippen LogP contribution < -0.4 is 26.6 Å². The minimum atomic E-state index is -0.752. The average Bonchev–Trinajstić information content (AvgIpc) is 3.54. The molecule has 2 fully saturated rings. The van der Waals surface area contributed by atoms with Crippen LogP contribution in [0.5, 0.6) is 0 Å². The molecular weight excluding hydrogens is 754 g/mol. The molecular formula is C39H51N9O10. The maximum Gasteiger partial charge on any atom is 0.408 e. The largest absolute Gasteiger partial charge is 0.449 e. The number of hydrogen-bond donors (Lipinski definition) is 5. The Morgan fingerprint density at radius 1 is 0.534 bits per heavy atom. The summed E-state index contributed by atoms with van der Waals surface area (Å²) in [6.07, 6.45) is -1.45. The maximum atomic E-state index is 12.8. The van der Waals surface area contributed by atoms with Gasteiger partial charge in [-0.3, -0.25) is 24.0 Å². The number of carbonyl (C=O) groups excluding carboxylic acids is 8. The van der Waals surface area contributed by atoms with Crippen molar-refractivity contribution < 1.29 is 47.8 Å². The first kappa shape index (κ1) is 42.7. The van der Waals surface area contributed by atoms with E-state index in [0.717, 1.165) is 22.3 Å². The average molecular weight is 806 g/mol. The minimum absolute atomic E-state index is 0.102. The second-order valence-electron chi connectivity index (χ2n) is 14.9. The highest BCUT2D eigenvalue weighted by Gasteiger charge is 2.30. The molecule has 5 rings (SSSR count). The fourth-order valence-corrected chi connectivity index (χ4v) is 6.73. The van der Waals surface area contributed by atoms with Crippen LogP contribution in [0.4, 0.5) is 14.4 Å². The molecule has 0 radical (unpaired) electrons. The summed E-state index contributed by atoms with van der Waals surface area (Å²) in [5.74, 6) is -2.06. The minimum Gasteiger partial charge on any atom is -0.449 e. The first-order valence-corrected chi connectivity index (χ1v) is 19.1. The highest BCUT2D eigenvalue weighted by atomic mass is 16.6. The van der Waals surface area contributed by atoms with Crippen LogP contribution in [0, 0.1) is 0 Å². The number of ether oxygens (including phenoxy) is 2. The molecule has 5 N–H and O–H groups in total. The molecule has 3 aliphatic rings. The van der Waals surface area contributed by atoms with Gasteiger partial charge in [-0.05, 0) is 43.0 Å². The summed E-state index contributed by atoms with van der Waals surface area (Å²) < 4.78 is 10.6. The van der Waals surface area contributed by atoms with Crippen molar-refractivity contribution in [3.63, 3.8) is 0 Å². The molecule has 0 saturated carbocycles. The molecule has 19 nitrogen and oxygen atoms in total. The molecule has 0 unspecified atom stereocenters. The summed E-state index contributed by atoms with van der Waals surface area (Å²) in [5.41, 5.74) is 3.68. The van der Waals surface area contributed by atoms with Crippen molar-refractivity contribution >= 4 is 47.8 Å². The number of nitrogens with one attached hydrogen (secondary N) is 5. The van der Waals surface area contributed by atoms with Crippen LogP contribution in [0.1, 0.15) is 37.8 Å². The van der Waals surface area contributed by atoms with Gasteiger partial charge in [0.05, 0.1) is 19.6 Å². The lowest BCUT2D eigenvalue weighted by atomic mass is 9.98. The van der Waals surface area contributed by atoms with Gasteiger partial charge in [-0.1, -0.05) is 48.5 Å². The summed E-state index contributed by atoms with van der Waals surface area (Å²) >= 11 is 0. The highest BCUT2D eigenvalue weighted by Crippen LogP contribution is 2.44. The van der Waals surface area contributed by atoms with Crippen LogP contribution in [0.15, 0.2) is 48.5 Å². The second kappa shape index (κ2) is 19.6. The Kier molecular flexibility index (Phi) is 14.5. The molecule has 0 spiro atoms. The van der Waals surface area contributed by atoms with E-state index in [-0.39, 0.29) is 121 Å². The topological polar surface area (TPSA) is 228 Å². The van der Waals surface area contributed by atoms with E-state index in [1.54, 1.807) is 25.7 Å². The third kappa shape index (κ3) is 12.1. The first-order chi connectivity index (χ1) is 27.7. The number of rotatable bonds is 12. The van der Waals surface area contributed by atoms with Gasteiger partial charge in [-0.15, -0.1) is 0 Å². The van der Waals surface area contributed by atoms with E-state index in [0.29, 0.717) is 0 Å². The van der Waals surface area contributed by atoms with Gasteiger partial charge in [0.1, 0.15) is 25.3 Å². The van der Waals surface area contributed by atoms with Crippen molar-refractivity contribution in [2.24, 2.45) is 0 Å². The first-order valence-electron chi connectivity index (χ1n) is 19.1. The van der Waals surface area contributed by atoms with Crippen LogP contribution in [-0.4, -0.2) is 165 Å². The predicted octanol–water partition coefficient (Wildman–Crippen LogP) is -0.193. The van der Waals surface area contributed by atoms with Crippen LogP contribution in [-0.2, 0) is 33.4 Å². The van der Waals surface area contributed by atoms with E-state index >= 15 is 0 Å². The van der Waals surface area contributed by atoms with E-state index in [4.69, 9.17) is 9.47 Å². The molecule has 2 aromatic rings. The van der Waals surface area contributed by atoms with Gasteiger partial charge in [0.2, 0.25) is 29.5 Å². The van der Waals surface area contributed by atoms with E-state index < -0.39 is 29.7 Å². The fourth-order valence-electron chi connectivity index (χ4n) is 6.73. The zero-order valence-electron chi connectivity index (χ0n) is 33.0.